The highest BCUT2D eigenvalue weighted by atomic mass is 32.1. The van der Waals surface area contributed by atoms with Crippen molar-refractivity contribution in [3.63, 3.8) is 0 Å². The largest absolute Gasteiger partial charge is 0.497 e. The van der Waals surface area contributed by atoms with Crippen LogP contribution in [0, 0.1) is 6.92 Å². The number of aryl methyl sites for hydroxylation is 1. The Labute approximate surface area is 189 Å². The summed E-state index contributed by atoms with van der Waals surface area (Å²) in [6, 6.07) is 16.8. The highest BCUT2D eigenvalue weighted by Crippen LogP contribution is 2.29. The first-order valence-corrected chi connectivity index (χ1v) is 10.7. The van der Waals surface area contributed by atoms with E-state index >= 15 is 0 Å². The molecule has 0 aliphatic heterocycles. The van der Waals surface area contributed by atoms with E-state index in [1.54, 1.807) is 34.2 Å². The second kappa shape index (κ2) is 8.76. The van der Waals surface area contributed by atoms with Crippen molar-refractivity contribution in [2.24, 2.45) is 0 Å². The van der Waals surface area contributed by atoms with Crippen LogP contribution >= 0.6 is 11.3 Å². The molecule has 0 unspecified atom stereocenters. The summed E-state index contributed by atoms with van der Waals surface area (Å²) in [6.45, 7) is 1.76. The molecule has 0 atom stereocenters. The molecule has 0 fully saturated rings. The fraction of sp³-hybridized carbons (Fsp3) is 0.167. The van der Waals surface area contributed by atoms with Crippen molar-refractivity contribution in [1.29, 1.82) is 0 Å². The van der Waals surface area contributed by atoms with Crippen LogP contribution in [-0.2, 0) is 0 Å². The number of aromatic nitrogens is 2. The third-order valence-corrected chi connectivity index (χ3v) is 6.00. The minimum Gasteiger partial charge on any atom is -0.497 e. The van der Waals surface area contributed by atoms with Crippen LogP contribution in [0.3, 0.4) is 0 Å². The molecule has 1 N–H and O–H groups in total. The zero-order valence-electron chi connectivity index (χ0n) is 18.2. The Morgan fingerprint density at radius 1 is 1.03 bits per heavy atom. The Morgan fingerprint density at radius 2 is 1.81 bits per heavy atom. The number of anilines is 1. The van der Waals surface area contributed by atoms with Gasteiger partial charge in [0, 0.05) is 25.0 Å². The average Bonchev–Trinajstić information content (AvgIpc) is 3.17. The van der Waals surface area contributed by atoms with Gasteiger partial charge in [0.2, 0.25) is 0 Å². The summed E-state index contributed by atoms with van der Waals surface area (Å²) in [6.07, 6.45) is 0. The molecule has 0 aliphatic rings. The van der Waals surface area contributed by atoms with Crippen molar-refractivity contribution in [1.82, 2.24) is 14.9 Å². The molecule has 0 spiro atoms. The second-order valence-electron chi connectivity index (χ2n) is 7.39. The first-order chi connectivity index (χ1) is 15.4. The van der Waals surface area contributed by atoms with E-state index in [1.165, 1.54) is 4.90 Å². The standard InChI is InChI=1S/C24H22N4O3S/c1-14-21(23(30)28(2)3)32-24(25-14)27-22(29)18-13-20(15-8-7-9-16(12-15)31-4)26-19-11-6-5-10-17(18)19/h5-13H,1-4H3,(H,25,27,29). The van der Waals surface area contributed by atoms with Crippen LogP contribution in [0.15, 0.2) is 54.6 Å². The molecule has 2 heterocycles. The molecule has 32 heavy (non-hydrogen) atoms. The lowest BCUT2D eigenvalue weighted by Gasteiger charge is -2.10. The van der Waals surface area contributed by atoms with Crippen LogP contribution < -0.4 is 10.1 Å². The maximum Gasteiger partial charge on any atom is 0.265 e. The number of hydrogen-bond donors (Lipinski definition) is 1. The monoisotopic (exact) mass is 446 g/mol. The zero-order valence-corrected chi connectivity index (χ0v) is 19.0. The zero-order chi connectivity index (χ0) is 22.8. The third-order valence-electron chi connectivity index (χ3n) is 4.94. The summed E-state index contributed by atoms with van der Waals surface area (Å²) in [4.78, 5) is 36.7. The van der Waals surface area contributed by atoms with Crippen molar-refractivity contribution < 1.29 is 14.3 Å². The molecule has 0 radical (unpaired) electrons. The second-order valence-corrected chi connectivity index (χ2v) is 8.39. The molecule has 0 bridgehead atoms. The minimum absolute atomic E-state index is 0.143. The van der Waals surface area contributed by atoms with Gasteiger partial charge in [-0.2, -0.15) is 0 Å². The smallest absolute Gasteiger partial charge is 0.265 e. The van der Waals surface area contributed by atoms with Crippen LogP contribution in [0.2, 0.25) is 0 Å². The van der Waals surface area contributed by atoms with E-state index in [-0.39, 0.29) is 11.8 Å². The van der Waals surface area contributed by atoms with E-state index in [4.69, 9.17) is 9.72 Å². The quantitative estimate of drug-likeness (QED) is 0.483. The molecule has 7 nitrogen and oxygen atoms in total. The normalized spacial score (nSPS) is 10.8. The molecule has 162 valence electrons. The van der Waals surface area contributed by atoms with Gasteiger partial charge in [0.05, 0.1) is 29.6 Å². The summed E-state index contributed by atoms with van der Waals surface area (Å²) in [7, 11) is 4.98. The molecule has 2 aromatic heterocycles. The lowest BCUT2D eigenvalue weighted by Crippen LogP contribution is -2.21. The van der Waals surface area contributed by atoms with E-state index in [9.17, 15) is 9.59 Å². The first kappa shape index (κ1) is 21.5. The molecular formula is C24H22N4O3S. The number of nitrogens with zero attached hydrogens (tertiary/aromatic N) is 3. The van der Waals surface area contributed by atoms with Gasteiger partial charge >= 0.3 is 0 Å². The van der Waals surface area contributed by atoms with Crippen LogP contribution in [0.4, 0.5) is 5.13 Å². The number of para-hydroxylation sites is 1. The Hall–Kier alpha value is -3.78. The van der Waals surface area contributed by atoms with E-state index in [0.717, 1.165) is 22.3 Å². The molecule has 0 saturated carbocycles. The van der Waals surface area contributed by atoms with Gasteiger partial charge in [0.15, 0.2) is 5.13 Å². The SMILES string of the molecule is COc1cccc(-c2cc(C(=O)Nc3nc(C)c(C(=O)N(C)C)s3)c3ccccc3n2)c1. The number of hydrogen-bond acceptors (Lipinski definition) is 6. The van der Waals surface area contributed by atoms with Crippen LogP contribution in [-0.4, -0.2) is 47.9 Å². The summed E-state index contributed by atoms with van der Waals surface area (Å²) in [5.41, 5.74) is 3.26. The van der Waals surface area contributed by atoms with Gasteiger partial charge in [-0.3, -0.25) is 14.9 Å². The number of benzene rings is 2. The van der Waals surface area contributed by atoms with E-state index in [2.05, 4.69) is 10.3 Å². The topological polar surface area (TPSA) is 84.4 Å². The molecular weight excluding hydrogens is 424 g/mol. The van der Waals surface area contributed by atoms with Gasteiger partial charge in [-0.15, -0.1) is 0 Å². The number of nitrogens with one attached hydrogen (secondary N) is 1. The van der Waals surface area contributed by atoms with Crippen LogP contribution in [0.25, 0.3) is 22.2 Å². The number of amides is 2. The number of carbonyl (C=O) groups is 2. The summed E-state index contributed by atoms with van der Waals surface area (Å²) in [5.74, 6) is 0.250. The number of thiazole rings is 1. The molecule has 2 aromatic carbocycles. The van der Waals surface area contributed by atoms with Crippen molar-refractivity contribution in [2.45, 2.75) is 6.92 Å². The highest BCUT2D eigenvalue weighted by molar-refractivity contribution is 7.17. The molecule has 8 heteroatoms. The number of pyridine rings is 1. The van der Waals surface area contributed by atoms with Gasteiger partial charge in [0.1, 0.15) is 10.6 Å². The van der Waals surface area contributed by atoms with Gasteiger partial charge in [-0.1, -0.05) is 41.7 Å². The predicted molar refractivity (Wildman–Crippen MR) is 127 cm³/mol. The lowest BCUT2D eigenvalue weighted by atomic mass is 10.0. The number of carbonyl (C=O) groups excluding carboxylic acids is 2. The van der Waals surface area contributed by atoms with Gasteiger partial charge in [-0.25, -0.2) is 9.97 Å². The third kappa shape index (κ3) is 4.17. The minimum atomic E-state index is -0.314. The Morgan fingerprint density at radius 3 is 2.56 bits per heavy atom. The van der Waals surface area contributed by atoms with Crippen LogP contribution in [0.1, 0.15) is 25.7 Å². The number of fused-ring (bicyclic) bond motifs is 1. The number of methoxy groups -OCH3 is 1. The van der Waals surface area contributed by atoms with E-state index < -0.39 is 0 Å². The first-order valence-electron chi connectivity index (χ1n) is 9.92. The fourth-order valence-corrected chi connectivity index (χ4v) is 4.29. The average molecular weight is 447 g/mol. The van der Waals surface area contributed by atoms with Gasteiger partial charge in [0.25, 0.3) is 11.8 Å². The maximum atomic E-state index is 13.3. The van der Waals surface area contributed by atoms with Gasteiger partial charge < -0.3 is 9.64 Å². The summed E-state index contributed by atoms with van der Waals surface area (Å²) >= 11 is 1.16. The van der Waals surface area contributed by atoms with Crippen molar-refractivity contribution in [3.05, 3.63) is 70.7 Å². The van der Waals surface area contributed by atoms with Crippen molar-refractivity contribution in [3.8, 4) is 17.0 Å². The maximum absolute atomic E-state index is 13.3. The molecule has 0 saturated heterocycles. The molecule has 4 aromatic rings. The number of ether oxygens (including phenoxy) is 1. The summed E-state index contributed by atoms with van der Waals surface area (Å²) < 4.78 is 5.33. The molecule has 2 amide bonds. The molecule has 4 rings (SSSR count). The Kier molecular flexibility index (Phi) is 5.87. The summed E-state index contributed by atoms with van der Waals surface area (Å²) in [5, 5.41) is 3.96. The van der Waals surface area contributed by atoms with Gasteiger partial charge in [-0.05, 0) is 31.2 Å². The van der Waals surface area contributed by atoms with Crippen LogP contribution in [0.5, 0.6) is 5.75 Å². The lowest BCUT2D eigenvalue weighted by molar-refractivity contribution is 0.0831. The van der Waals surface area contributed by atoms with Crippen molar-refractivity contribution >= 4 is 39.2 Å². The Bertz CT molecular complexity index is 1330. The van der Waals surface area contributed by atoms with E-state index in [0.29, 0.717) is 38.2 Å². The number of rotatable bonds is 5. The highest BCUT2D eigenvalue weighted by Gasteiger charge is 2.20. The fourth-order valence-electron chi connectivity index (χ4n) is 3.31. The predicted octanol–water partition coefficient (Wildman–Crippen LogP) is 4.63. The Balaban J connectivity index is 1.74. The van der Waals surface area contributed by atoms with Crippen molar-refractivity contribution in [2.75, 3.05) is 26.5 Å². The van der Waals surface area contributed by atoms with E-state index in [1.807, 2.05) is 48.5 Å². The molecule has 0 aliphatic carbocycles.